The molecule has 3 rings (SSSR count). The van der Waals surface area contributed by atoms with Crippen LogP contribution in [0.2, 0.25) is 0 Å². The van der Waals surface area contributed by atoms with Crippen LogP contribution in [-0.2, 0) is 0 Å². The zero-order chi connectivity index (χ0) is 13.6. The maximum absolute atomic E-state index is 12.5. The number of nitrogens with zero attached hydrogens (tertiary/aromatic N) is 1. The minimum absolute atomic E-state index is 0.0556. The molecule has 0 spiro atoms. The maximum atomic E-state index is 12.5. The van der Waals surface area contributed by atoms with Gasteiger partial charge in [-0.3, -0.25) is 4.79 Å². The molecule has 19 heavy (non-hydrogen) atoms. The highest BCUT2D eigenvalue weighted by atomic mass is 32.1. The Labute approximate surface area is 114 Å². The highest BCUT2D eigenvalue weighted by Gasteiger charge is 2.09. The summed E-state index contributed by atoms with van der Waals surface area (Å²) in [7, 11) is 0. The van der Waals surface area contributed by atoms with Crippen molar-refractivity contribution in [3.63, 3.8) is 0 Å². The van der Waals surface area contributed by atoms with Crippen LogP contribution in [0.3, 0.4) is 0 Å². The molecule has 0 radical (unpaired) electrons. The standard InChI is InChI=1S/C16H11NOS/c1-9-5-10(2)16-13(6-9)15(18)12-4-3-11(8-17)7-14(12)19-16/h3-7H,1-2H3. The van der Waals surface area contributed by atoms with E-state index in [-0.39, 0.29) is 5.43 Å². The summed E-state index contributed by atoms with van der Waals surface area (Å²) in [5.74, 6) is 0. The first kappa shape index (κ1) is 11.9. The monoisotopic (exact) mass is 265 g/mol. The number of hydrogen-bond donors (Lipinski definition) is 0. The zero-order valence-corrected chi connectivity index (χ0v) is 11.5. The van der Waals surface area contributed by atoms with Gasteiger partial charge in [-0.15, -0.1) is 11.3 Å². The van der Waals surface area contributed by atoms with E-state index in [2.05, 4.69) is 12.1 Å². The van der Waals surface area contributed by atoms with E-state index in [9.17, 15) is 4.79 Å². The van der Waals surface area contributed by atoms with Gasteiger partial charge in [-0.1, -0.05) is 11.6 Å². The molecule has 3 heteroatoms. The molecule has 0 aliphatic rings. The quantitative estimate of drug-likeness (QED) is 0.578. The lowest BCUT2D eigenvalue weighted by Crippen LogP contribution is -2.02. The number of rotatable bonds is 0. The molecule has 1 heterocycles. The average molecular weight is 265 g/mol. The van der Waals surface area contributed by atoms with Gasteiger partial charge in [0.25, 0.3) is 0 Å². The SMILES string of the molecule is Cc1cc(C)c2sc3cc(C#N)ccc3c(=O)c2c1. The Morgan fingerprint density at radius 1 is 1.11 bits per heavy atom. The average Bonchev–Trinajstić information content (AvgIpc) is 2.40. The molecule has 0 aliphatic heterocycles. The minimum atomic E-state index is 0.0556. The highest BCUT2D eigenvalue weighted by Crippen LogP contribution is 2.28. The summed E-state index contributed by atoms with van der Waals surface area (Å²) in [5, 5.41) is 10.4. The van der Waals surface area contributed by atoms with E-state index in [1.807, 2.05) is 19.9 Å². The Bertz CT molecular complexity index is 916. The first-order chi connectivity index (χ1) is 9.10. The Hall–Kier alpha value is -2.18. The second-order valence-corrected chi connectivity index (χ2v) is 5.76. The molecule has 0 atom stereocenters. The molecule has 0 amide bonds. The topological polar surface area (TPSA) is 40.9 Å². The van der Waals surface area contributed by atoms with E-state index in [0.29, 0.717) is 10.9 Å². The van der Waals surface area contributed by atoms with Gasteiger partial charge in [0.2, 0.25) is 0 Å². The van der Waals surface area contributed by atoms with E-state index in [0.717, 1.165) is 25.9 Å². The van der Waals surface area contributed by atoms with Crippen LogP contribution in [0.1, 0.15) is 16.7 Å². The van der Waals surface area contributed by atoms with E-state index < -0.39 is 0 Å². The number of benzene rings is 2. The van der Waals surface area contributed by atoms with Crippen molar-refractivity contribution in [3.05, 3.63) is 57.2 Å². The Kier molecular flexibility index (Phi) is 2.62. The third kappa shape index (κ3) is 1.81. The second kappa shape index (κ2) is 4.18. The molecule has 0 N–H and O–H groups in total. The summed E-state index contributed by atoms with van der Waals surface area (Å²) in [4.78, 5) is 12.5. The lowest BCUT2D eigenvalue weighted by Gasteiger charge is -2.05. The van der Waals surface area contributed by atoms with Crippen molar-refractivity contribution in [1.29, 1.82) is 5.26 Å². The summed E-state index contributed by atoms with van der Waals surface area (Å²) < 4.78 is 1.89. The maximum Gasteiger partial charge on any atom is 0.195 e. The number of fused-ring (bicyclic) bond motifs is 2. The van der Waals surface area contributed by atoms with Crippen LogP contribution in [0, 0.1) is 25.2 Å². The van der Waals surface area contributed by atoms with E-state index in [4.69, 9.17) is 5.26 Å². The predicted molar refractivity (Wildman–Crippen MR) is 79.8 cm³/mol. The Morgan fingerprint density at radius 3 is 2.63 bits per heavy atom. The number of aryl methyl sites for hydroxylation is 2. The van der Waals surface area contributed by atoms with Crippen molar-refractivity contribution in [2.75, 3.05) is 0 Å². The summed E-state index contributed by atoms with van der Waals surface area (Å²) >= 11 is 1.58. The van der Waals surface area contributed by atoms with Gasteiger partial charge in [0, 0.05) is 20.2 Å². The van der Waals surface area contributed by atoms with Crippen LogP contribution in [-0.4, -0.2) is 0 Å². The first-order valence-corrected chi connectivity index (χ1v) is 6.80. The van der Waals surface area contributed by atoms with Crippen molar-refractivity contribution < 1.29 is 0 Å². The predicted octanol–water partition coefficient (Wildman–Crippen LogP) is 3.90. The van der Waals surface area contributed by atoms with Crippen LogP contribution in [0.15, 0.2) is 35.1 Å². The van der Waals surface area contributed by atoms with Gasteiger partial charge in [0.1, 0.15) is 0 Å². The van der Waals surface area contributed by atoms with Crippen LogP contribution >= 0.6 is 11.3 Å². The lowest BCUT2D eigenvalue weighted by atomic mass is 10.1. The molecular weight excluding hydrogens is 254 g/mol. The van der Waals surface area contributed by atoms with E-state index >= 15 is 0 Å². The van der Waals surface area contributed by atoms with E-state index in [1.165, 1.54) is 0 Å². The normalized spacial score (nSPS) is 10.8. The van der Waals surface area contributed by atoms with Crippen molar-refractivity contribution >= 4 is 31.5 Å². The summed E-state index contributed by atoms with van der Waals surface area (Å²) in [6.45, 7) is 4.02. The molecule has 1 aromatic heterocycles. The van der Waals surface area contributed by atoms with Gasteiger partial charge >= 0.3 is 0 Å². The molecule has 0 fully saturated rings. The molecule has 0 aliphatic carbocycles. The second-order valence-electron chi connectivity index (χ2n) is 4.71. The molecule has 2 nitrogen and oxygen atoms in total. The fourth-order valence-corrected chi connectivity index (χ4v) is 3.54. The van der Waals surface area contributed by atoms with Crippen LogP contribution in [0.4, 0.5) is 0 Å². The molecule has 0 unspecified atom stereocenters. The third-order valence-electron chi connectivity index (χ3n) is 3.23. The molecule has 92 valence electrons. The van der Waals surface area contributed by atoms with Crippen molar-refractivity contribution in [2.45, 2.75) is 13.8 Å². The van der Waals surface area contributed by atoms with Crippen molar-refractivity contribution in [2.24, 2.45) is 0 Å². The number of nitriles is 1. The molecule has 0 saturated carbocycles. The highest BCUT2D eigenvalue weighted by molar-refractivity contribution is 7.24. The van der Waals surface area contributed by atoms with Crippen LogP contribution in [0.25, 0.3) is 20.2 Å². The molecule has 3 aromatic rings. The molecular formula is C16H11NOS. The summed E-state index contributed by atoms with van der Waals surface area (Å²) in [5.41, 5.74) is 2.86. The molecule has 0 saturated heterocycles. The lowest BCUT2D eigenvalue weighted by molar-refractivity contribution is 1.44. The fourth-order valence-electron chi connectivity index (χ4n) is 2.38. The fraction of sp³-hybridized carbons (Fsp3) is 0.125. The Balaban J connectivity index is 2.57. The Morgan fingerprint density at radius 2 is 1.89 bits per heavy atom. The largest absolute Gasteiger partial charge is 0.289 e. The molecule has 2 aromatic carbocycles. The van der Waals surface area contributed by atoms with Crippen LogP contribution in [0.5, 0.6) is 0 Å². The van der Waals surface area contributed by atoms with Gasteiger partial charge in [0.15, 0.2) is 5.43 Å². The van der Waals surface area contributed by atoms with Crippen molar-refractivity contribution in [3.8, 4) is 6.07 Å². The van der Waals surface area contributed by atoms with Gasteiger partial charge in [-0.2, -0.15) is 5.26 Å². The van der Waals surface area contributed by atoms with Gasteiger partial charge < -0.3 is 0 Å². The van der Waals surface area contributed by atoms with Gasteiger partial charge in [0.05, 0.1) is 11.6 Å². The smallest absolute Gasteiger partial charge is 0.195 e. The van der Waals surface area contributed by atoms with Crippen molar-refractivity contribution in [1.82, 2.24) is 0 Å². The minimum Gasteiger partial charge on any atom is -0.289 e. The third-order valence-corrected chi connectivity index (χ3v) is 4.53. The van der Waals surface area contributed by atoms with E-state index in [1.54, 1.807) is 29.5 Å². The zero-order valence-electron chi connectivity index (χ0n) is 10.7. The first-order valence-electron chi connectivity index (χ1n) is 5.98. The van der Waals surface area contributed by atoms with Gasteiger partial charge in [-0.05, 0) is 43.7 Å². The number of hydrogen-bond acceptors (Lipinski definition) is 3. The van der Waals surface area contributed by atoms with Crippen LogP contribution < -0.4 is 5.43 Å². The summed E-state index contributed by atoms with van der Waals surface area (Å²) in [6, 6.07) is 11.4. The van der Waals surface area contributed by atoms with Gasteiger partial charge in [-0.25, -0.2) is 0 Å². The molecule has 0 bridgehead atoms. The summed E-state index contributed by atoms with van der Waals surface area (Å²) in [6.07, 6.45) is 0.